The molecule has 0 heterocycles. The minimum Gasteiger partial charge on any atom is -0.490 e. The normalized spacial score (nSPS) is 12.8. The fourth-order valence-corrected chi connectivity index (χ4v) is 3.08. The third-order valence-corrected chi connectivity index (χ3v) is 4.91. The SMILES string of the molecule is CCOc1cc(/C=N/NC(F)(F)C(F)(F)C(F)(F)F)cc(Br)c1OCc1ccc(Br)cc1. The van der Waals surface area contributed by atoms with Gasteiger partial charge >= 0.3 is 18.1 Å². The van der Waals surface area contributed by atoms with E-state index in [2.05, 4.69) is 37.0 Å². The van der Waals surface area contributed by atoms with Crippen molar-refractivity contribution in [2.45, 2.75) is 31.7 Å². The molecule has 2 rings (SSSR count). The molecule has 4 nitrogen and oxygen atoms in total. The summed E-state index contributed by atoms with van der Waals surface area (Å²) in [6.45, 7) is 2.05. The molecule has 0 bridgehead atoms. The van der Waals surface area contributed by atoms with Gasteiger partial charge in [0.25, 0.3) is 0 Å². The van der Waals surface area contributed by atoms with Crippen LogP contribution in [0.3, 0.4) is 0 Å². The van der Waals surface area contributed by atoms with Gasteiger partial charge in [0.15, 0.2) is 11.5 Å². The predicted molar refractivity (Wildman–Crippen MR) is 110 cm³/mol. The number of nitrogens with one attached hydrogen (secondary N) is 1. The van der Waals surface area contributed by atoms with Gasteiger partial charge in [0.1, 0.15) is 6.61 Å². The molecule has 0 spiro atoms. The Hall–Kier alpha value is -2.02. The van der Waals surface area contributed by atoms with Gasteiger partial charge in [-0.2, -0.15) is 35.8 Å². The van der Waals surface area contributed by atoms with E-state index in [-0.39, 0.29) is 30.3 Å². The Morgan fingerprint density at radius 1 is 0.969 bits per heavy atom. The fourth-order valence-electron chi connectivity index (χ4n) is 2.24. The summed E-state index contributed by atoms with van der Waals surface area (Å²) in [5.41, 5.74) is 1.47. The Labute approximate surface area is 195 Å². The summed E-state index contributed by atoms with van der Waals surface area (Å²) in [4.78, 5) is 0. The molecule has 0 amide bonds. The first-order valence-corrected chi connectivity index (χ1v) is 10.3. The minimum atomic E-state index is -6.46. The minimum absolute atomic E-state index is 0.0648. The summed E-state index contributed by atoms with van der Waals surface area (Å²) in [6, 6.07) is 4.27. The van der Waals surface area contributed by atoms with Crippen molar-refractivity contribution >= 4 is 38.1 Å². The van der Waals surface area contributed by atoms with Gasteiger partial charge in [-0.1, -0.05) is 28.1 Å². The van der Waals surface area contributed by atoms with Crippen molar-refractivity contribution < 1.29 is 40.2 Å². The summed E-state index contributed by atoms with van der Waals surface area (Å²) in [5, 5.41) is 2.84. The van der Waals surface area contributed by atoms with Crippen LogP contribution in [0.25, 0.3) is 0 Å². The van der Waals surface area contributed by atoms with Gasteiger partial charge in [-0.3, -0.25) is 0 Å². The summed E-state index contributed by atoms with van der Waals surface area (Å²) in [7, 11) is 0. The van der Waals surface area contributed by atoms with Crippen LogP contribution in [0.4, 0.5) is 30.7 Å². The van der Waals surface area contributed by atoms with Crippen LogP contribution >= 0.6 is 31.9 Å². The third-order valence-electron chi connectivity index (χ3n) is 3.80. The molecule has 13 heteroatoms. The van der Waals surface area contributed by atoms with Crippen LogP contribution in [0.15, 0.2) is 50.4 Å². The summed E-state index contributed by atoms with van der Waals surface area (Å²) in [5.74, 6) is -5.87. The lowest BCUT2D eigenvalue weighted by Crippen LogP contribution is -2.58. The molecular formula is C19H15Br2F7N2O2. The molecule has 0 aliphatic rings. The second kappa shape index (κ2) is 10.3. The molecular weight excluding hydrogens is 581 g/mol. The van der Waals surface area contributed by atoms with E-state index in [4.69, 9.17) is 9.47 Å². The summed E-state index contributed by atoms with van der Waals surface area (Å²) < 4.78 is 101. The van der Waals surface area contributed by atoms with Crippen molar-refractivity contribution in [3.8, 4) is 11.5 Å². The quantitative estimate of drug-likeness (QED) is 0.148. The molecule has 0 saturated heterocycles. The number of ether oxygens (including phenoxy) is 2. The molecule has 0 fully saturated rings. The van der Waals surface area contributed by atoms with Crippen molar-refractivity contribution in [3.05, 3.63) is 56.5 Å². The van der Waals surface area contributed by atoms with Gasteiger partial charge in [0.05, 0.1) is 17.3 Å². The van der Waals surface area contributed by atoms with E-state index in [1.54, 1.807) is 6.92 Å². The third kappa shape index (κ3) is 6.27. The maximum atomic E-state index is 13.3. The van der Waals surface area contributed by atoms with Crippen LogP contribution in [-0.4, -0.2) is 31.0 Å². The van der Waals surface area contributed by atoms with Crippen LogP contribution in [0.1, 0.15) is 18.1 Å². The standard InChI is InChI=1S/C19H15Br2F7N2O2/c1-2-31-15-8-12(9-29-30-19(27,28)17(22,23)18(24,25)26)7-14(21)16(15)32-10-11-3-5-13(20)6-4-11/h3-9,30H,2,10H2,1H3/b29-9+. The molecule has 0 aliphatic carbocycles. The van der Waals surface area contributed by atoms with Crippen molar-refractivity contribution in [3.63, 3.8) is 0 Å². The number of alkyl halides is 7. The molecule has 0 aromatic heterocycles. The monoisotopic (exact) mass is 594 g/mol. The number of hydrazone groups is 1. The van der Waals surface area contributed by atoms with Crippen LogP contribution in [-0.2, 0) is 6.61 Å². The zero-order valence-electron chi connectivity index (χ0n) is 16.1. The van der Waals surface area contributed by atoms with Gasteiger partial charge in [-0.25, -0.2) is 5.43 Å². The molecule has 2 aromatic carbocycles. The van der Waals surface area contributed by atoms with Gasteiger partial charge in [0, 0.05) is 4.47 Å². The van der Waals surface area contributed by atoms with E-state index in [1.165, 1.54) is 12.1 Å². The Morgan fingerprint density at radius 3 is 2.16 bits per heavy atom. The van der Waals surface area contributed by atoms with Gasteiger partial charge < -0.3 is 9.47 Å². The first-order chi connectivity index (χ1) is 14.8. The average Bonchev–Trinajstić information content (AvgIpc) is 2.68. The van der Waals surface area contributed by atoms with E-state index < -0.39 is 18.1 Å². The lowest BCUT2D eigenvalue weighted by atomic mass is 10.2. The maximum absolute atomic E-state index is 13.3. The van der Waals surface area contributed by atoms with E-state index in [0.29, 0.717) is 16.1 Å². The molecule has 32 heavy (non-hydrogen) atoms. The number of halogens is 9. The zero-order valence-corrected chi connectivity index (χ0v) is 19.3. The predicted octanol–water partition coefficient (Wildman–Crippen LogP) is 6.90. The lowest BCUT2D eigenvalue weighted by molar-refractivity contribution is -0.361. The van der Waals surface area contributed by atoms with Gasteiger partial charge in [-0.15, -0.1) is 0 Å². The van der Waals surface area contributed by atoms with E-state index in [1.807, 2.05) is 24.3 Å². The second-order valence-electron chi connectivity index (χ2n) is 6.19. The smallest absolute Gasteiger partial charge is 0.462 e. The Bertz CT molecular complexity index is 952. The molecule has 0 aliphatic heterocycles. The van der Waals surface area contributed by atoms with E-state index in [0.717, 1.165) is 10.0 Å². The number of nitrogens with zero attached hydrogens (tertiary/aromatic N) is 1. The van der Waals surface area contributed by atoms with E-state index in [9.17, 15) is 30.7 Å². The fraction of sp³-hybridized carbons (Fsp3) is 0.316. The van der Waals surface area contributed by atoms with Crippen LogP contribution in [0, 0.1) is 0 Å². The van der Waals surface area contributed by atoms with Crippen molar-refractivity contribution in [1.82, 2.24) is 5.43 Å². The largest absolute Gasteiger partial charge is 0.490 e. The molecule has 0 atom stereocenters. The molecule has 1 N–H and O–H groups in total. The summed E-state index contributed by atoms with van der Waals surface area (Å²) in [6.07, 6.45) is -5.82. The van der Waals surface area contributed by atoms with E-state index >= 15 is 0 Å². The molecule has 0 unspecified atom stereocenters. The molecule has 0 radical (unpaired) electrons. The van der Waals surface area contributed by atoms with Gasteiger partial charge in [0.2, 0.25) is 0 Å². The highest BCUT2D eigenvalue weighted by Gasteiger charge is 2.73. The van der Waals surface area contributed by atoms with Crippen LogP contribution in [0.5, 0.6) is 11.5 Å². The van der Waals surface area contributed by atoms with Crippen LogP contribution < -0.4 is 14.9 Å². The number of rotatable bonds is 9. The highest BCUT2D eigenvalue weighted by atomic mass is 79.9. The second-order valence-corrected chi connectivity index (χ2v) is 7.96. The Balaban J connectivity index is 2.20. The first-order valence-electron chi connectivity index (χ1n) is 8.74. The average molecular weight is 596 g/mol. The summed E-state index contributed by atoms with van der Waals surface area (Å²) >= 11 is 6.55. The topological polar surface area (TPSA) is 42.8 Å². The van der Waals surface area contributed by atoms with Crippen molar-refractivity contribution in [1.29, 1.82) is 0 Å². The van der Waals surface area contributed by atoms with Crippen LogP contribution in [0.2, 0.25) is 0 Å². The first kappa shape index (κ1) is 26.2. The molecule has 176 valence electrons. The Kier molecular flexibility index (Phi) is 8.43. The lowest BCUT2D eigenvalue weighted by Gasteiger charge is -2.27. The van der Waals surface area contributed by atoms with Gasteiger partial charge in [-0.05, 0) is 58.2 Å². The number of benzene rings is 2. The maximum Gasteiger partial charge on any atom is 0.462 e. The van der Waals surface area contributed by atoms with Crippen molar-refractivity contribution in [2.75, 3.05) is 6.61 Å². The Morgan fingerprint density at radius 2 is 1.59 bits per heavy atom. The number of hydrogen-bond donors (Lipinski definition) is 1. The zero-order chi connectivity index (χ0) is 24.2. The van der Waals surface area contributed by atoms with Crippen molar-refractivity contribution in [2.24, 2.45) is 5.10 Å². The molecule has 0 saturated carbocycles. The highest BCUT2D eigenvalue weighted by molar-refractivity contribution is 9.10. The number of hydrogen-bond acceptors (Lipinski definition) is 4. The molecule has 2 aromatic rings. The highest BCUT2D eigenvalue weighted by Crippen LogP contribution is 2.45.